The summed E-state index contributed by atoms with van der Waals surface area (Å²) in [6.45, 7) is 3.25. The SMILES string of the molecule is CCC(C)(C#N)C(O)C(=O)OC. The van der Waals surface area contributed by atoms with E-state index in [0.29, 0.717) is 6.42 Å². The highest BCUT2D eigenvalue weighted by atomic mass is 16.5. The van der Waals surface area contributed by atoms with Crippen molar-refractivity contribution >= 4 is 5.97 Å². The number of carbonyl (C=O) groups is 1. The predicted octanol–water partition coefficient (Wildman–Crippen LogP) is 0.460. The average Bonchev–Trinajstić information content (AvgIpc) is 2.14. The predicted molar refractivity (Wildman–Crippen MR) is 42.0 cm³/mol. The fourth-order valence-corrected chi connectivity index (χ4v) is 0.705. The van der Waals surface area contributed by atoms with Gasteiger partial charge in [0.1, 0.15) is 0 Å². The Balaban J connectivity index is 4.55. The molecule has 0 saturated heterocycles. The van der Waals surface area contributed by atoms with Crippen molar-refractivity contribution in [3.8, 4) is 6.07 Å². The number of ether oxygens (including phenoxy) is 1. The number of aliphatic hydroxyl groups is 1. The van der Waals surface area contributed by atoms with Gasteiger partial charge in [-0.25, -0.2) is 4.79 Å². The molecule has 0 saturated carbocycles. The molecule has 0 radical (unpaired) electrons. The van der Waals surface area contributed by atoms with Gasteiger partial charge in [-0.2, -0.15) is 5.26 Å². The number of rotatable bonds is 3. The molecule has 0 aromatic carbocycles. The molecule has 0 aromatic heterocycles. The van der Waals surface area contributed by atoms with Gasteiger partial charge in [-0.3, -0.25) is 0 Å². The van der Waals surface area contributed by atoms with Crippen molar-refractivity contribution in [3.63, 3.8) is 0 Å². The minimum atomic E-state index is -1.36. The summed E-state index contributed by atoms with van der Waals surface area (Å²) < 4.78 is 4.32. The summed E-state index contributed by atoms with van der Waals surface area (Å²) in [7, 11) is 1.18. The maximum absolute atomic E-state index is 10.9. The highest BCUT2D eigenvalue weighted by Gasteiger charge is 2.37. The van der Waals surface area contributed by atoms with Crippen molar-refractivity contribution in [1.82, 2.24) is 0 Å². The van der Waals surface area contributed by atoms with Gasteiger partial charge in [0.15, 0.2) is 6.10 Å². The molecule has 0 aliphatic heterocycles. The lowest BCUT2D eigenvalue weighted by atomic mass is 9.83. The zero-order valence-electron chi connectivity index (χ0n) is 7.50. The van der Waals surface area contributed by atoms with Crippen LogP contribution in [0.2, 0.25) is 0 Å². The second kappa shape index (κ2) is 4.07. The first-order chi connectivity index (χ1) is 5.51. The van der Waals surface area contributed by atoms with Crippen LogP contribution in [0.25, 0.3) is 0 Å². The Kier molecular flexibility index (Phi) is 3.71. The lowest BCUT2D eigenvalue weighted by Gasteiger charge is -2.23. The first-order valence-electron chi connectivity index (χ1n) is 3.69. The standard InChI is InChI=1S/C8H13NO3/c1-4-8(2,5-9)6(10)7(11)12-3/h6,10H,4H2,1-3H3. The van der Waals surface area contributed by atoms with E-state index in [9.17, 15) is 9.90 Å². The van der Waals surface area contributed by atoms with Crippen molar-refractivity contribution in [2.24, 2.45) is 5.41 Å². The number of methoxy groups -OCH3 is 1. The van der Waals surface area contributed by atoms with Crippen molar-refractivity contribution in [2.45, 2.75) is 26.4 Å². The van der Waals surface area contributed by atoms with E-state index in [2.05, 4.69) is 4.74 Å². The van der Waals surface area contributed by atoms with Crippen LogP contribution in [0.15, 0.2) is 0 Å². The van der Waals surface area contributed by atoms with Gasteiger partial charge in [-0.1, -0.05) is 6.92 Å². The van der Waals surface area contributed by atoms with Crippen molar-refractivity contribution in [1.29, 1.82) is 5.26 Å². The van der Waals surface area contributed by atoms with E-state index < -0.39 is 17.5 Å². The normalized spacial score (nSPS) is 17.2. The molecule has 1 N–H and O–H groups in total. The molecule has 0 aromatic rings. The zero-order valence-corrected chi connectivity index (χ0v) is 7.50. The average molecular weight is 171 g/mol. The number of hydrogen-bond acceptors (Lipinski definition) is 4. The van der Waals surface area contributed by atoms with Gasteiger partial charge in [0.2, 0.25) is 0 Å². The van der Waals surface area contributed by atoms with Crippen molar-refractivity contribution in [3.05, 3.63) is 0 Å². The molecule has 0 aliphatic rings. The van der Waals surface area contributed by atoms with Gasteiger partial charge in [0, 0.05) is 0 Å². The third-order valence-corrected chi connectivity index (χ3v) is 2.02. The maximum Gasteiger partial charge on any atom is 0.336 e. The molecule has 0 rings (SSSR count). The molecule has 4 heteroatoms. The Morgan fingerprint density at radius 3 is 2.58 bits per heavy atom. The maximum atomic E-state index is 10.9. The molecule has 0 spiro atoms. The summed E-state index contributed by atoms with van der Waals surface area (Å²) in [4.78, 5) is 10.9. The zero-order chi connectivity index (χ0) is 9.78. The Bertz CT molecular complexity index is 209. The van der Waals surface area contributed by atoms with E-state index in [0.717, 1.165) is 0 Å². The van der Waals surface area contributed by atoms with Crippen LogP contribution in [0, 0.1) is 16.7 Å². The smallest absolute Gasteiger partial charge is 0.336 e. The molecule has 0 amide bonds. The van der Waals surface area contributed by atoms with Gasteiger partial charge in [0.05, 0.1) is 18.6 Å². The van der Waals surface area contributed by atoms with Crippen LogP contribution < -0.4 is 0 Å². The molecule has 12 heavy (non-hydrogen) atoms. The lowest BCUT2D eigenvalue weighted by Crippen LogP contribution is -2.38. The Morgan fingerprint density at radius 2 is 2.33 bits per heavy atom. The van der Waals surface area contributed by atoms with Crippen LogP contribution in [0.3, 0.4) is 0 Å². The minimum absolute atomic E-state index is 0.403. The highest BCUT2D eigenvalue weighted by molar-refractivity contribution is 5.75. The Morgan fingerprint density at radius 1 is 1.83 bits per heavy atom. The molecule has 2 unspecified atom stereocenters. The quantitative estimate of drug-likeness (QED) is 0.626. The summed E-state index contributed by atoms with van der Waals surface area (Å²) in [6.07, 6.45) is -0.961. The lowest BCUT2D eigenvalue weighted by molar-refractivity contribution is -0.155. The van der Waals surface area contributed by atoms with Crippen LogP contribution in [-0.4, -0.2) is 24.3 Å². The fourth-order valence-electron chi connectivity index (χ4n) is 0.705. The summed E-state index contributed by atoms with van der Waals surface area (Å²) in [5.41, 5.74) is -1.05. The molecule has 2 atom stereocenters. The highest BCUT2D eigenvalue weighted by Crippen LogP contribution is 2.25. The molecule has 0 heterocycles. The van der Waals surface area contributed by atoms with Gasteiger partial charge in [-0.05, 0) is 13.3 Å². The van der Waals surface area contributed by atoms with Crippen LogP contribution in [0.4, 0.5) is 0 Å². The van der Waals surface area contributed by atoms with Gasteiger partial charge < -0.3 is 9.84 Å². The molecule has 0 fully saturated rings. The Labute approximate surface area is 71.8 Å². The largest absolute Gasteiger partial charge is 0.467 e. The van der Waals surface area contributed by atoms with E-state index in [4.69, 9.17) is 5.26 Å². The molecule has 0 aliphatic carbocycles. The molecular formula is C8H13NO3. The fraction of sp³-hybridized carbons (Fsp3) is 0.750. The topological polar surface area (TPSA) is 70.3 Å². The van der Waals surface area contributed by atoms with Gasteiger partial charge >= 0.3 is 5.97 Å². The number of aliphatic hydroxyl groups excluding tert-OH is 1. The molecular weight excluding hydrogens is 158 g/mol. The van der Waals surface area contributed by atoms with Crippen LogP contribution in [-0.2, 0) is 9.53 Å². The van der Waals surface area contributed by atoms with Crippen LogP contribution in [0.5, 0.6) is 0 Å². The number of nitrogens with zero attached hydrogens (tertiary/aromatic N) is 1. The van der Waals surface area contributed by atoms with Crippen LogP contribution in [0.1, 0.15) is 20.3 Å². The first-order valence-corrected chi connectivity index (χ1v) is 3.69. The number of nitriles is 1. The molecule has 0 bridgehead atoms. The van der Waals surface area contributed by atoms with E-state index in [-0.39, 0.29) is 0 Å². The van der Waals surface area contributed by atoms with Gasteiger partial charge in [-0.15, -0.1) is 0 Å². The summed E-state index contributed by atoms with van der Waals surface area (Å²) >= 11 is 0. The van der Waals surface area contributed by atoms with Crippen LogP contribution >= 0.6 is 0 Å². The van der Waals surface area contributed by atoms with E-state index >= 15 is 0 Å². The van der Waals surface area contributed by atoms with Gasteiger partial charge in [0.25, 0.3) is 0 Å². The van der Waals surface area contributed by atoms with E-state index in [1.165, 1.54) is 14.0 Å². The minimum Gasteiger partial charge on any atom is -0.467 e. The number of hydrogen-bond donors (Lipinski definition) is 1. The second-order valence-electron chi connectivity index (χ2n) is 2.81. The Hall–Kier alpha value is -1.08. The summed E-state index contributed by atoms with van der Waals surface area (Å²) in [5, 5.41) is 18.0. The number of esters is 1. The number of carbonyl (C=O) groups excluding carboxylic acids is 1. The van der Waals surface area contributed by atoms with Crippen molar-refractivity contribution in [2.75, 3.05) is 7.11 Å². The molecule has 4 nitrogen and oxygen atoms in total. The van der Waals surface area contributed by atoms with E-state index in [1.807, 2.05) is 6.07 Å². The first kappa shape index (κ1) is 10.9. The third kappa shape index (κ3) is 1.95. The monoisotopic (exact) mass is 171 g/mol. The third-order valence-electron chi connectivity index (χ3n) is 2.02. The molecule has 68 valence electrons. The summed E-state index contributed by atoms with van der Waals surface area (Å²) in [5.74, 6) is -0.763. The summed E-state index contributed by atoms with van der Waals surface area (Å²) in [6, 6.07) is 1.89. The van der Waals surface area contributed by atoms with Crippen molar-refractivity contribution < 1.29 is 14.6 Å². The second-order valence-corrected chi connectivity index (χ2v) is 2.81. The van der Waals surface area contributed by atoms with E-state index in [1.54, 1.807) is 6.92 Å².